The molecule has 184 valence electrons. The van der Waals surface area contributed by atoms with Gasteiger partial charge in [0.25, 0.3) is 0 Å². The topological polar surface area (TPSA) is 116 Å². The molecule has 8 heteroatoms. The number of likely N-dealkylation sites (tertiary alicyclic amines) is 1. The molecular weight excluding hydrogens is 448 g/mol. The lowest BCUT2D eigenvalue weighted by Crippen LogP contribution is -2.51. The largest absolute Gasteiger partial charge is 0.480 e. The van der Waals surface area contributed by atoms with Crippen LogP contribution >= 0.6 is 0 Å². The van der Waals surface area contributed by atoms with Crippen LogP contribution in [-0.2, 0) is 14.3 Å². The second-order valence-electron chi connectivity index (χ2n) is 9.90. The summed E-state index contributed by atoms with van der Waals surface area (Å²) in [5.41, 5.74) is 3.78. The first-order valence-corrected chi connectivity index (χ1v) is 12.2. The molecule has 0 aromatic heterocycles. The number of hydrogen-bond acceptors (Lipinski definition) is 5. The zero-order valence-corrected chi connectivity index (χ0v) is 19.5. The normalized spacial score (nSPS) is 22.5. The maximum Gasteiger partial charge on any atom is 0.407 e. The van der Waals surface area contributed by atoms with Crippen molar-refractivity contribution in [2.45, 2.75) is 62.1 Å². The average Bonchev–Trinajstić information content (AvgIpc) is 3.54. The van der Waals surface area contributed by atoms with Crippen molar-refractivity contribution in [2.75, 3.05) is 13.2 Å². The van der Waals surface area contributed by atoms with Gasteiger partial charge in [-0.25, -0.2) is 9.59 Å². The van der Waals surface area contributed by atoms with E-state index in [0.717, 1.165) is 35.1 Å². The van der Waals surface area contributed by atoms with Gasteiger partial charge in [-0.2, -0.15) is 0 Å². The van der Waals surface area contributed by atoms with Gasteiger partial charge >= 0.3 is 12.1 Å². The number of aliphatic hydroxyl groups excluding tert-OH is 1. The van der Waals surface area contributed by atoms with Gasteiger partial charge in [0.05, 0.1) is 18.1 Å². The summed E-state index contributed by atoms with van der Waals surface area (Å²) in [6.07, 6.45) is 1.56. The van der Waals surface area contributed by atoms with Crippen molar-refractivity contribution < 1.29 is 29.3 Å². The van der Waals surface area contributed by atoms with Crippen molar-refractivity contribution in [1.82, 2.24) is 10.2 Å². The Morgan fingerprint density at radius 2 is 1.60 bits per heavy atom. The lowest BCUT2D eigenvalue weighted by atomic mass is 9.92. The van der Waals surface area contributed by atoms with Crippen molar-refractivity contribution in [3.05, 3.63) is 59.7 Å². The molecule has 2 amide bonds. The Bertz CT molecular complexity index is 1100. The Hall–Kier alpha value is -3.39. The summed E-state index contributed by atoms with van der Waals surface area (Å²) >= 11 is 0. The fraction of sp³-hybridized carbons (Fsp3) is 0.444. The van der Waals surface area contributed by atoms with Gasteiger partial charge in [0.1, 0.15) is 12.6 Å². The summed E-state index contributed by atoms with van der Waals surface area (Å²) in [7, 11) is 0. The molecule has 0 spiro atoms. The monoisotopic (exact) mass is 478 g/mol. The Morgan fingerprint density at radius 3 is 2.20 bits per heavy atom. The number of rotatable bonds is 6. The number of carboxylic acids is 1. The van der Waals surface area contributed by atoms with E-state index in [1.54, 1.807) is 0 Å². The van der Waals surface area contributed by atoms with E-state index in [4.69, 9.17) is 4.74 Å². The number of β-amino-alcohol motifs (C(OH)–C–C–N with tert-alkyl or cyclic N) is 1. The fourth-order valence-electron chi connectivity index (χ4n) is 5.96. The maximum absolute atomic E-state index is 13.0. The Kier molecular flexibility index (Phi) is 6.23. The summed E-state index contributed by atoms with van der Waals surface area (Å²) < 4.78 is 5.70. The van der Waals surface area contributed by atoms with Gasteiger partial charge in [-0.3, -0.25) is 4.79 Å². The predicted molar refractivity (Wildman–Crippen MR) is 128 cm³/mol. The number of aliphatic hydroxyl groups is 1. The second-order valence-corrected chi connectivity index (χ2v) is 9.90. The molecule has 2 aromatic carbocycles. The van der Waals surface area contributed by atoms with Crippen molar-refractivity contribution in [3.8, 4) is 11.1 Å². The zero-order valence-electron chi connectivity index (χ0n) is 19.5. The second kappa shape index (κ2) is 9.34. The summed E-state index contributed by atoms with van der Waals surface area (Å²) in [6.45, 7) is 0.181. The van der Waals surface area contributed by atoms with Crippen LogP contribution in [-0.4, -0.2) is 63.9 Å². The predicted octanol–water partition coefficient (Wildman–Crippen LogP) is 3.27. The number of nitrogens with zero attached hydrogens (tertiary/aromatic N) is 1. The van der Waals surface area contributed by atoms with Gasteiger partial charge in [0.15, 0.2) is 0 Å². The number of alkyl carbamates (subject to hydrolysis) is 1. The molecule has 0 bridgehead atoms. The van der Waals surface area contributed by atoms with E-state index < -0.39 is 29.7 Å². The number of benzene rings is 2. The molecule has 1 heterocycles. The number of aliphatic carboxylic acids is 1. The molecule has 1 aliphatic heterocycles. The lowest BCUT2D eigenvalue weighted by molar-refractivity contribution is -0.148. The molecule has 2 fully saturated rings. The summed E-state index contributed by atoms with van der Waals surface area (Å²) in [4.78, 5) is 38.7. The third kappa shape index (κ3) is 4.50. The standard InChI is InChI=1S/C27H30N2O6/c30-17-13-23(25(32)33)29(15-17)24(31)14-27(11-5-6-12-27)28-26(34)35-16-22-20-9-3-1-7-18(20)19-8-2-4-10-21(19)22/h1-4,7-10,17,22-23,30H,5-6,11-16H2,(H,28,34)(H,32,33)/t17?,23-/m0/s1. The molecule has 5 rings (SSSR count). The number of carbonyl (C=O) groups excluding carboxylic acids is 2. The van der Waals surface area contributed by atoms with E-state index >= 15 is 0 Å². The van der Waals surface area contributed by atoms with Crippen LogP contribution < -0.4 is 5.32 Å². The minimum atomic E-state index is -1.13. The van der Waals surface area contributed by atoms with E-state index in [1.165, 1.54) is 4.90 Å². The van der Waals surface area contributed by atoms with Crippen molar-refractivity contribution in [2.24, 2.45) is 0 Å². The highest BCUT2D eigenvalue weighted by molar-refractivity contribution is 5.85. The van der Waals surface area contributed by atoms with Crippen LogP contribution in [0.3, 0.4) is 0 Å². The summed E-state index contributed by atoms with van der Waals surface area (Å²) in [6, 6.07) is 15.2. The first-order chi connectivity index (χ1) is 16.9. The van der Waals surface area contributed by atoms with Gasteiger partial charge in [0.2, 0.25) is 5.91 Å². The number of carbonyl (C=O) groups is 3. The van der Waals surface area contributed by atoms with Crippen molar-refractivity contribution >= 4 is 18.0 Å². The highest BCUT2D eigenvalue weighted by Gasteiger charge is 2.44. The number of nitrogens with one attached hydrogen (secondary N) is 1. The Morgan fingerprint density at radius 1 is 1.00 bits per heavy atom. The van der Waals surface area contributed by atoms with E-state index in [-0.39, 0.29) is 37.8 Å². The molecule has 1 unspecified atom stereocenters. The third-order valence-corrected chi connectivity index (χ3v) is 7.65. The van der Waals surface area contributed by atoms with Crippen LogP contribution in [0.2, 0.25) is 0 Å². The maximum atomic E-state index is 13.0. The van der Waals surface area contributed by atoms with Crippen LogP contribution in [0.25, 0.3) is 11.1 Å². The highest BCUT2D eigenvalue weighted by Crippen LogP contribution is 2.44. The average molecular weight is 479 g/mol. The van der Waals surface area contributed by atoms with Crippen molar-refractivity contribution in [3.63, 3.8) is 0 Å². The molecule has 3 N–H and O–H groups in total. The fourth-order valence-corrected chi connectivity index (χ4v) is 5.96. The van der Waals surface area contributed by atoms with Crippen LogP contribution in [0.4, 0.5) is 4.79 Å². The first kappa shape index (κ1) is 23.4. The Labute approximate surface area is 203 Å². The molecule has 35 heavy (non-hydrogen) atoms. The number of fused-ring (bicyclic) bond motifs is 3. The number of hydrogen-bond donors (Lipinski definition) is 3. The third-order valence-electron chi connectivity index (χ3n) is 7.65. The SMILES string of the molecule is O=C(NC1(CC(=O)N2CC(O)C[C@H]2C(=O)O)CCCC1)OCC1c2ccccc2-c2ccccc21. The van der Waals surface area contributed by atoms with Gasteiger partial charge in [0, 0.05) is 18.9 Å². The van der Waals surface area contributed by atoms with Gasteiger partial charge in [-0.15, -0.1) is 0 Å². The minimum absolute atomic E-state index is 0.00315. The number of carboxylic acid groups (broad SMARTS) is 1. The number of amides is 2. The molecule has 3 aliphatic rings. The molecule has 2 aromatic rings. The van der Waals surface area contributed by atoms with Gasteiger partial charge < -0.3 is 25.2 Å². The van der Waals surface area contributed by atoms with Crippen LogP contribution in [0.15, 0.2) is 48.5 Å². The van der Waals surface area contributed by atoms with Crippen LogP contribution in [0, 0.1) is 0 Å². The summed E-state index contributed by atoms with van der Waals surface area (Å²) in [5.74, 6) is -1.55. The minimum Gasteiger partial charge on any atom is -0.480 e. The van der Waals surface area contributed by atoms with E-state index in [2.05, 4.69) is 29.6 Å². The molecular formula is C27H30N2O6. The molecule has 1 saturated heterocycles. The van der Waals surface area contributed by atoms with Crippen LogP contribution in [0.1, 0.15) is 55.6 Å². The zero-order chi connectivity index (χ0) is 24.6. The molecule has 2 atom stereocenters. The first-order valence-electron chi connectivity index (χ1n) is 12.2. The van der Waals surface area contributed by atoms with E-state index in [9.17, 15) is 24.6 Å². The highest BCUT2D eigenvalue weighted by atomic mass is 16.5. The molecule has 2 aliphatic carbocycles. The quantitative estimate of drug-likeness (QED) is 0.587. The lowest BCUT2D eigenvalue weighted by Gasteiger charge is -2.32. The van der Waals surface area contributed by atoms with Crippen molar-refractivity contribution in [1.29, 1.82) is 0 Å². The molecule has 8 nitrogen and oxygen atoms in total. The van der Waals surface area contributed by atoms with Gasteiger partial charge in [-0.1, -0.05) is 61.4 Å². The van der Waals surface area contributed by atoms with E-state index in [0.29, 0.717) is 12.8 Å². The number of ether oxygens (including phenoxy) is 1. The van der Waals surface area contributed by atoms with E-state index in [1.807, 2.05) is 24.3 Å². The Balaban J connectivity index is 1.25. The summed E-state index contributed by atoms with van der Waals surface area (Å²) in [5, 5.41) is 22.3. The molecule has 0 radical (unpaired) electrons. The van der Waals surface area contributed by atoms with Crippen LogP contribution in [0.5, 0.6) is 0 Å². The van der Waals surface area contributed by atoms with Gasteiger partial charge in [-0.05, 0) is 35.1 Å². The smallest absolute Gasteiger partial charge is 0.407 e. The molecule has 1 saturated carbocycles.